The maximum Gasteiger partial charge on any atom is 0.260 e. The van der Waals surface area contributed by atoms with Crippen molar-refractivity contribution in [2.45, 2.75) is 26.3 Å². The van der Waals surface area contributed by atoms with E-state index < -0.39 is 0 Å². The average molecular weight is 495 g/mol. The number of hydrogen-bond acceptors (Lipinski definition) is 4. The molecule has 0 bridgehead atoms. The molecule has 4 rings (SSSR count). The molecule has 158 valence electrons. The Morgan fingerprint density at radius 1 is 1.06 bits per heavy atom. The second-order valence-electron chi connectivity index (χ2n) is 7.21. The Balaban J connectivity index is 1.63. The molecular formula is C25H23BrN2O2S. The van der Waals surface area contributed by atoms with Gasteiger partial charge in [-0.3, -0.25) is 9.69 Å². The number of anilines is 1. The maximum atomic E-state index is 13.5. The SMILES string of the molecule is CCCCOc1ccc(C(=O)N(Cc2ccccc2)c2nc3ccc(Br)cc3s2)cc1. The minimum Gasteiger partial charge on any atom is -0.494 e. The molecule has 0 saturated heterocycles. The van der Waals surface area contributed by atoms with Crippen molar-refractivity contribution >= 4 is 48.5 Å². The molecule has 0 N–H and O–H groups in total. The Kier molecular flexibility index (Phi) is 6.99. The molecule has 1 heterocycles. The van der Waals surface area contributed by atoms with Gasteiger partial charge in [-0.25, -0.2) is 4.98 Å². The number of ether oxygens (including phenoxy) is 1. The third kappa shape index (κ3) is 5.32. The number of carbonyl (C=O) groups is 1. The number of rotatable bonds is 8. The highest BCUT2D eigenvalue weighted by atomic mass is 79.9. The van der Waals surface area contributed by atoms with E-state index in [-0.39, 0.29) is 5.91 Å². The van der Waals surface area contributed by atoms with Crippen LogP contribution in [-0.4, -0.2) is 17.5 Å². The number of nitrogens with zero attached hydrogens (tertiary/aromatic N) is 2. The van der Waals surface area contributed by atoms with Gasteiger partial charge in [0, 0.05) is 10.0 Å². The quantitative estimate of drug-likeness (QED) is 0.245. The van der Waals surface area contributed by atoms with Crippen molar-refractivity contribution in [1.82, 2.24) is 4.98 Å². The van der Waals surface area contributed by atoms with E-state index in [9.17, 15) is 4.79 Å². The van der Waals surface area contributed by atoms with E-state index in [2.05, 4.69) is 22.9 Å². The zero-order valence-corrected chi connectivity index (χ0v) is 19.7. The number of fused-ring (bicyclic) bond motifs is 1. The highest BCUT2D eigenvalue weighted by Gasteiger charge is 2.22. The number of benzene rings is 3. The van der Waals surface area contributed by atoms with Crippen LogP contribution in [0.2, 0.25) is 0 Å². The van der Waals surface area contributed by atoms with E-state index in [1.54, 1.807) is 4.90 Å². The summed E-state index contributed by atoms with van der Waals surface area (Å²) in [5.74, 6) is 0.700. The summed E-state index contributed by atoms with van der Waals surface area (Å²) in [6.45, 7) is 3.27. The van der Waals surface area contributed by atoms with Gasteiger partial charge >= 0.3 is 0 Å². The molecule has 0 fully saturated rings. The van der Waals surface area contributed by atoms with E-state index in [0.717, 1.165) is 38.8 Å². The minimum absolute atomic E-state index is 0.0814. The molecule has 6 heteroatoms. The van der Waals surface area contributed by atoms with Gasteiger partial charge in [0.2, 0.25) is 0 Å². The molecule has 0 unspecified atom stereocenters. The molecule has 4 aromatic rings. The lowest BCUT2D eigenvalue weighted by molar-refractivity contribution is 0.0985. The summed E-state index contributed by atoms with van der Waals surface area (Å²) in [4.78, 5) is 20.0. The van der Waals surface area contributed by atoms with Crippen molar-refractivity contribution in [2.75, 3.05) is 11.5 Å². The predicted octanol–water partition coefficient (Wildman–Crippen LogP) is 7.08. The highest BCUT2D eigenvalue weighted by Crippen LogP contribution is 2.32. The van der Waals surface area contributed by atoms with Crippen LogP contribution in [0.5, 0.6) is 5.75 Å². The second kappa shape index (κ2) is 10.1. The summed E-state index contributed by atoms with van der Waals surface area (Å²) in [5, 5.41) is 0.685. The zero-order chi connectivity index (χ0) is 21.6. The van der Waals surface area contributed by atoms with Gasteiger partial charge in [0.25, 0.3) is 5.91 Å². The van der Waals surface area contributed by atoms with Crippen molar-refractivity contribution in [1.29, 1.82) is 0 Å². The number of amides is 1. The Hall–Kier alpha value is -2.70. The molecule has 0 aliphatic carbocycles. The summed E-state index contributed by atoms with van der Waals surface area (Å²) >= 11 is 5.03. The molecule has 1 aromatic heterocycles. The van der Waals surface area contributed by atoms with Crippen LogP contribution in [0.15, 0.2) is 77.3 Å². The molecule has 0 atom stereocenters. The van der Waals surface area contributed by atoms with Gasteiger partial charge in [0.1, 0.15) is 5.75 Å². The number of unbranched alkanes of at least 4 members (excludes halogenated alkanes) is 1. The standard InChI is InChI=1S/C25H23BrN2O2S/c1-2-3-15-30-21-12-9-19(10-13-21)24(29)28(17-18-7-5-4-6-8-18)25-27-22-14-11-20(26)16-23(22)31-25/h4-14,16H,2-3,15,17H2,1H3. The smallest absolute Gasteiger partial charge is 0.260 e. The molecule has 0 spiro atoms. The summed E-state index contributed by atoms with van der Waals surface area (Å²) in [6.07, 6.45) is 2.10. The highest BCUT2D eigenvalue weighted by molar-refractivity contribution is 9.10. The fourth-order valence-corrected chi connectivity index (χ4v) is 4.69. The largest absolute Gasteiger partial charge is 0.494 e. The van der Waals surface area contributed by atoms with Crippen LogP contribution < -0.4 is 9.64 Å². The molecule has 0 saturated carbocycles. The molecule has 0 aliphatic heterocycles. The number of hydrogen-bond donors (Lipinski definition) is 0. The van der Waals surface area contributed by atoms with Gasteiger partial charge in [-0.15, -0.1) is 0 Å². The molecule has 0 radical (unpaired) electrons. The maximum absolute atomic E-state index is 13.5. The van der Waals surface area contributed by atoms with Gasteiger partial charge in [-0.2, -0.15) is 0 Å². The van der Waals surface area contributed by atoms with E-state index >= 15 is 0 Å². The predicted molar refractivity (Wildman–Crippen MR) is 131 cm³/mol. The second-order valence-corrected chi connectivity index (χ2v) is 9.14. The number of aromatic nitrogens is 1. The molecule has 1 amide bonds. The van der Waals surface area contributed by atoms with Gasteiger partial charge in [-0.1, -0.05) is 70.9 Å². The van der Waals surface area contributed by atoms with Crippen molar-refractivity contribution in [3.63, 3.8) is 0 Å². The van der Waals surface area contributed by atoms with Crippen molar-refractivity contribution < 1.29 is 9.53 Å². The van der Waals surface area contributed by atoms with Gasteiger partial charge in [0.05, 0.1) is 23.4 Å². The average Bonchev–Trinajstić information content (AvgIpc) is 3.21. The monoisotopic (exact) mass is 494 g/mol. The van der Waals surface area contributed by atoms with E-state index in [4.69, 9.17) is 9.72 Å². The van der Waals surface area contributed by atoms with Gasteiger partial charge in [-0.05, 0) is 54.4 Å². The lowest BCUT2D eigenvalue weighted by Gasteiger charge is -2.20. The van der Waals surface area contributed by atoms with Crippen molar-refractivity contribution in [2.24, 2.45) is 0 Å². The van der Waals surface area contributed by atoms with Crippen LogP contribution in [0, 0.1) is 0 Å². The van der Waals surface area contributed by atoms with E-state index in [0.29, 0.717) is 23.8 Å². The number of halogens is 1. The molecule has 31 heavy (non-hydrogen) atoms. The van der Waals surface area contributed by atoms with E-state index in [1.165, 1.54) is 11.3 Å². The lowest BCUT2D eigenvalue weighted by atomic mass is 10.1. The fourth-order valence-electron chi connectivity index (χ4n) is 3.18. The summed E-state index contributed by atoms with van der Waals surface area (Å²) in [7, 11) is 0. The van der Waals surface area contributed by atoms with Crippen molar-refractivity contribution in [3.05, 3.63) is 88.4 Å². The molecule has 4 nitrogen and oxygen atoms in total. The summed E-state index contributed by atoms with van der Waals surface area (Å²) in [6, 6.07) is 23.3. The first kappa shape index (κ1) is 21.5. The van der Waals surface area contributed by atoms with Crippen LogP contribution in [0.1, 0.15) is 35.7 Å². The van der Waals surface area contributed by atoms with Gasteiger partial charge < -0.3 is 4.74 Å². The Morgan fingerprint density at radius 3 is 2.58 bits per heavy atom. The van der Waals surface area contributed by atoms with Crippen LogP contribution in [0.4, 0.5) is 5.13 Å². The normalized spacial score (nSPS) is 10.9. The summed E-state index contributed by atoms with van der Waals surface area (Å²) in [5.41, 5.74) is 2.55. The fraction of sp³-hybridized carbons (Fsp3) is 0.200. The number of thiazole rings is 1. The first-order valence-electron chi connectivity index (χ1n) is 10.3. The Labute approximate surface area is 194 Å². The number of carbonyl (C=O) groups excluding carboxylic acids is 1. The van der Waals surface area contributed by atoms with E-state index in [1.807, 2.05) is 72.8 Å². The van der Waals surface area contributed by atoms with Crippen LogP contribution >= 0.6 is 27.3 Å². The first-order valence-corrected chi connectivity index (χ1v) is 11.9. The minimum atomic E-state index is -0.0814. The summed E-state index contributed by atoms with van der Waals surface area (Å²) < 4.78 is 7.77. The Morgan fingerprint density at radius 2 is 1.84 bits per heavy atom. The Bertz CT molecular complexity index is 1160. The van der Waals surface area contributed by atoms with Crippen LogP contribution in [0.25, 0.3) is 10.2 Å². The third-order valence-corrected chi connectivity index (χ3v) is 6.40. The molecule has 0 aliphatic rings. The van der Waals surface area contributed by atoms with Crippen LogP contribution in [0.3, 0.4) is 0 Å². The third-order valence-electron chi connectivity index (χ3n) is 4.87. The molecule has 3 aromatic carbocycles. The zero-order valence-electron chi connectivity index (χ0n) is 17.3. The lowest BCUT2D eigenvalue weighted by Crippen LogP contribution is -2.30. The molecular weight excluding hydrogens is 472 g/mol. The first-order chi connectivity index (χ1) is 15.1. The van der Waals surface area contributed by atoms with Crippen molar-refractivity contribution in [3.8, 4) is 5.75 Å². The van der Waals surface area contributed by atoms with Gasteiger partial charge in [0.15, 0.2) is 5.13 Å². The topological polar surface area (TPSA) is 42.4 Å². The van der Waals surface area contributed by atoms with Crippen LogP contribution in [-0.2, 0) is 6.54 Å².